The second kappa shape index (κ2) is 5.36. The van der Waals surface area contributed by atoms with Gasteiger partial charge in [-0.1, -0.05) is 26.8 Å². The van der Waals surface area contributed by atoms with Crippen LogP contribution in [0, 0.1) is 0 Å². The number of aromatic nitrogens is 4. The van der Waals surface area contributed by atoms with Crippen LogP contribution in [0.3, 0.4) is 0 Å². The van der Waals surface area contributed by atoms with Crippen LogP contribution in [-0.4, -0.2) is 38.5 Å². The number of aliphatic hydroxyl groups is 1. The van der Waals surface area contributed by atoms with E-state index in [1.165, 1.54) is 6.33 Å². The summed E-state index contributed by atoms with van der Waals surface area (Å²) in [7, 11) is 0. The predicted molar refractivity (Wildman–Crippen MR) is 70.4 cm³/mol. The number of benzene rings is 1. The Morgan fingerprint density at radius 3 is 2.68 bits per heavy atom. The molecule has 0 radical (unpaired) electrons. The van der Waals surface area contributed by atoms with Gasteiger partial charge in [-0.2, -0.15) is 4.68 Å². The molecular weight excluding hydrogens is 244 g/mol. The number of nitrogens with zero attached hydrogens (tertiary/aromatic N) is 4. The quantitative estimate of drug-likeness (QED) is 0.900. The lowest BCUT2D eigenvalue weighted by Gasteiger charge is -2.21. The van der Waals surface area contributed by atoms with Crippen LogP contribution in [0.25, 0.3) is 5.69 Å². The highest BCUT2D eigenvalue weighted by Crippen LogP contribution is 2.29. The van der Waals surface area contributed by atoms with Crippen molar-refractivity contribution in [3.05, 3.63) is 30.1 Å². The molecule has 0 spiro atoms. The predicted octanol–water partition coefficient (Wildman–Crippen LogP) is 1.33. The standard InChI is InChI=1S/C13H18N4O2/c1-13(2,3)10-4-5-12(19-7-6-18)11(8-10)17-9-14-15-16-17/h4-5,8-9,18H,6-7H2,1-3H3. The van der Waals surface area contributed by atoms with Crippen LogP contribution in [0.5, 0.6) is 5.75 Å². The number of tetrazole rings is 1. The zero-order chi connectivity index (χ0) is 13.9. The molecule has 2 rings (SSSR count). The van der Waals surface area contributed by atoms with E-state index in [0.29, 0.717) is 5.75 Å². The number of rotatable bonds is 4. The van der Waals surface area contributed by atoms with Crippen molar-refractivity contribution in [3.63, 3.8) is 0 Å². The van der Waals surface area contributed by atoms with E-state index in [2.05, 4.69) is 36.3 Å². The summed E-state index contributed by atoms with van der Waals surface area (Å²) >= 11 is 0. The molecule has 0 unspecified atom stereocenters. The molecule has 1 N–H and O–H groups in total. The summed E-state index contributed by atoms with van der Waals surface area (Å²) in [5.41, 5.74) is 1.96. The molecule has 0 aliphatic heterocycles. The minimum atomic E-state index is -0.0317. The highest BCUT2D eigenvalue weighted by atomic mass is 16.5. The second-order valence-electron chi connectivity index (χ2n) is 5.26. The summed E-state index contributed by atoms with van der Waals surface area (Å²) in [6.45, 7) is 6.62. The third-order valence-corrected chi connectivity index (χ3v) is 2.77. The Bertz CT molecular complexity index is 532. The van der Waals surface area contributed by atoms with E-state index in [1.807, 2.05) is 18.2 Å². The van der Waals surface area contributed by atoms with Gasteiger partial charge in [-0.3, -0.25) is 0 Å². The van der Waals surface area contributed by atoms with Gasteiger partial charge in [0.05, 0.1) is 6.61 Å². The molecule has 0 bridgehead atoms. The lowest BCUT2D eigenvalue weighted by molar-refractivity contribution is 0.201. The van der Waals surface area contributed by atoms with E-state index in [-0.39, 0.29) is 18.6 Å². The van der Waals surface area contributed by atoms with Crippen LogP contribution >= 0.6 is 0 Å². The minimum absolute atomic E-state index is 0.0261. The number of aliphatic hydroxyl groups excluding tert-OH is 1. The summed E-state index contributed by atoms with van der Waals surface area (Å²) in [5.74, 6) is 0.648. The maximum Gasteiger partial charge on any atom is 0.145 e. The average Bonchev–Trinajstić information content (AvgIpc) is 2.88. The smallest absolute Gasteiger partial charge is 0.145 e. The lowest BCUT2D eigenvalue weighted by Crippen LogP contribution is -2.13. The van der Waals surface area contributed by atoms with Crippen LogP contribution < -0.4 is 4.74 Å². The van der Waals surface area contributed by atoms with Crippen molar-refractivity contribution in [1.29, 1.82) is 0 Å². The largest absolute Gasteiger partial charge is 0.489 e. The Labute approximate surface area is 112 Å². The maximum atomic E-state index is 8.86. The Kier molecular flexibility index (Phi) is 3.80. The first-order chi connectivity index (χ1) is 9.02. The van der Waals surface area contributed by atoms with Crippen LogP contribution in [0.15, 0.2) is 24.5 Å². The molecule has 0 saturated heterocycles. The van der Waals surface area contributed by atoms with E-state index >= 15 is 0 Å². The molecule has 0 saturated carbocycles. The molecule has 102 valence electrons. The van der Waals surface area contributed by atoms with Crippen molar-refractivity contribution >= 4 is 0 Å². The molecule has 1 heterocycles. The fourth-order valence-corrected chi connectivity index (χ4v) is 1.71. The summed E-state index contributed by atoms with van der Waals surface area (Å²) in [6, 6.07) is 5.90. The van der Waals surface area contributed by atoms with Gasteiger partial charge >= 0.3 is 0 Å². The van der Waals surface area contributed by atoms with Gasteiger partial charge in [-0.05, 0) is 33.5 Å². The third-order valence-electron chi connectivity index (χ3n) is 2.77. The van der Waals surface area contributed by atoms with Crippen molar-refractivity contribution in [3.8, 4) is 11.4 Å². The van der Waals surface area contributed by atoms with Crippen LogP contribution in [0.1, 0.15) is 26.3 Å². The Morgan fingerprint density at radius 1 is 1.32 bits per heavy atom. The fourth-order valence-electron chi connectivity index (χ4n) is 1.71. The van der Waals surface area contributed by atoms with Crippen molar-refractivity contribution in [2.45, 2.75) is 26.2 Å². The Balaban J connectivity index is 2.45. The highest BCUT2D eigenvalue weighted by molar-refractivity contribution is 5.49. The molecule has 0 aliphatic rings. The molecule has 0 aliphatic carbocycles. The summed E-state index contributed by atoms with van der Waals surface area (Å²) in [4.78, 5) is 0. The molecule has 6 nitrogen and oxygen atoms in total. The third kappa shape index (κ3) is 3.08. The van der Waals surface area contributed by atoms with Crippen LogP contribution in [0.4, 0.5) is 0 Å². The van der Waals surface area contributed by atoms with Gasteiger partial charge in [0.25, 0.3) is 0 Å². The summed E-state index contributed by atoms with van der Waals surface area (Å²) in [6.07, 6.45) is 1.52. The van der Waals surface area contributed by atoms with Crippen molar-refractivity contribution in [2.75, 3.05) is 13.2 Å². The van der Waals surface area contributed by atoms with E-state index in [9.17, 15) is 0 Å². The summed E-state index contributed by atoms with van der Waals surface area (Å²) in [5, 5.41) is 20.0. The minimum Gasteiger partial charge on any atom is -0.489 e. The first-order valence-electron chi connectivity index (χ1n) is 6.14. The van der Waals surface area contributed by atoms with Gasteiger partial charge in [0.1, 0.15) is 24.4 Å². The average molecular weight is 262 g/mol. The van der Waals surface area contributed by atoms with Crippen molar-refractivity contribution in [2.24, 2.45) is 0 Å². The maximum absolute atomic E-state index is 8.86. The van der Waals surface area contributed by atoms with Crippen LogP contribution in [0.2, 0.25) is 0 Å². The van der Waals surface area contributed by atoms with Gasteiger partial charge in [-0.25, -0.2) is 0 Å². The van der Waals surface area contributed by atoms with Gasteiger partial charge in [0.15, 0.2) is 0 Å². The van der Waals surface area contributed by atoms with E-state index in [0.717, 1.165) is 11.3 Å². The summed E-state index contributed by atoms with van der Waals surface area (Å²) < 4.78 is 7.07. The first kappa shape index (κ1) is 13.5. The molecule has 0 atom stereocenters. The number of hydrogen-bond acceptors (Lipinski definition) is 5. The van der Waals surface area contributed by atoms with E-state index < -0.39 is 0 Å². The molecule has 2 aromatic rings. The molecule has 0 amide bonds. The molecule has 1 aromatic heterocycles. The SMILES string of the molecule is CC(C)(C)c1ccc(OCCO)c(-n2cnnn2)c1. The Morgan fingerprint density at radius 2 is 2.11 bits per heavy atom. The van der Waals surface area contributed by atoms with E-state index in [4.69, 9.17) is 9.84 Å². The first-order valence-corrected chi connectivity index (χ1v) is 6.14. The van der Waals surface area contributed by atoms with Gasteiger partial charge in [0, 0.05) is 0 Å². The lowest BCUT2D eigenvalue weighted by atomic mass is 9.87. The number of ether oxygens (including phenoxy) is 1. The zero-order valence-electron chi connectivity index (χ0n) is 11.4. The van der Waals surface area contributed by atoms with Crippen molar-refractivity contribution in [1.82, 2.24) is 20.2 Å². The molecule has 1 aromatic carbocycles. The van der Waals surface area contributed by atoms with Gasteiger partial charge in [-0.15, -0.1) is 5.10 Å². The fraction of sp³-hybridized carbons (Fsp3) is 0.462. The van der Waals surface area contributed by atoms with Gasteiger partial charge < -0.3 is 9.84 Å². The van der Waals surface area contributed by atoms with Crippen LogP contribution in [-0.2, 0) is 5.41 Å². The second-order valence-corrected chi connectivity index (χ2v) is 5.26. The monoisotopic (exact) mass is 262 g/mol. The van der Waals surface area contributed by atoms with Crippen molar-refractivity contribution < 1.29 is 9.84 Å². The molecule has 6 heteroatoms. The number of hydrogen-bond donors (Lipinski definition) is 1. The molecule has 19 heavy (non-hydrogen) atoms. The zero-order valence-corrected chi connectivity index (χ0v) is 11.4. The molecular formula is C13H18N4O2. The van der Waals surface area contributed by atoms with E-state index in [1.54, 1.807) is 4.68 Å². The normalized spacial score (nSPS) is 11.6. The Hall–Kier alpha value is -1.95. The van der Waals surface area contributed by atoms with Gasteiger partial charge in [0.2, 0.25) is 0 Å². The highest BCUT2D eigenvalue weighted by Gasteiger charge is 2.17. The topological polar surface area (TPSA) is 73.1 Å². The molecule has 0 fully saturated rings.